The molecule has 0 fully saturated rings. The van der Waals surface area contributed by atoms with E-state index in [1.165, 1.54) is 55.4 Å². The predicted molar refractivity (Wildman–Crippen MR) is 157 cm³/mol. The van der Waals surface area contributed by atoms with Gasteiger partial charge in [0, 0.05) is 62.7 Å². The number of nitrogens with zero attached hydrogens (tertiary/aromatic N) is 2. The van der Waals surface area contributed by atoms with Gasteiger partial charge in [-0.25, -0.2) is 0 Å². The number of hydrogen-bond acceptors (Lipinski definition) is 0. The van der Waals surface area contributed by atoms with Crippen molar-refractivity contribution in [2.75, 3.05) is 0 Å². The van der Waals surface area contributed by atoms with Crippen molar-refractivity contribution in [2.45, 2.75) is 33.4 Å². The Morgan fingerprint density at radius 2 is 0.892 bits per heavy atom. The summed E-state index contributed by atoms with van der Waals surface area (Å²) in [6, 6.07) is 33.9. The third-order valence-corrected chi connectivity index (χ3v) is 8.09. The monoisotopic (exact) mass is 522 g/mol. The lowest BCUT2D eigenvalue weighted by molar-refractivity contribution is 0.790. The number of benzene rings is 4. The van der Waals surface area contributed by atoms with E-state index in [1.807, 2.05) is 24.3 Å². The van der Waals surface area contributed by atoms with Crippen LogP contribution in [0.4, 0.5) is 0 Å². The van der Waals surface area contributed by atoms with Gasteiger partial charge < -0.3 is 9.13 Å². The Morgan fingerprint density at radius 1 is 0.514 bits per heavy atom. The molecule has 2 aromatic heterocycles. The highest BCUT2D eigenvalue weighted by Gasteiger charge is 2.19. The normalized spacial score (nSPS) is 11.6. The zero-order chi connectivity index (χ0) is 25.5. The summed E-state index contributed by atoms with van der Waals surface area (Å²) in [5.74, 6) is 0. The second-order valence-electron chi connectivity index (χ2n) is 9.76. The van der Waals surface area contributed by atoms with Crippen molar-refractivity contribution in [3.8, 4) is 0 Å². The van der Waals surface area contributed by atoms with Crippen molar-refractivity contribution in [2.24, 2.45) is 0 Å². The molecule has 0 aliphatic heterocycles. The number of aromatic nitrogens is 2. The molecule has 0 saturated heterocycles. The molecule has 184 valence electrons. The summed E-state index contributed by atoms with van der Waals surface area (Å²) < 4.78 is 4.88. The van der Waals surface area contributed by atoms with Gasteiger partial charge in [-0.1, -0.05) is 83.9 Å². The van der Waals surface area contributed by atoms with Gasteiger partial charge in [0.25, 0.3) is 0 Å². The van der Waals surface area contributed by atoms with E-state index in [9.17, 15) is 0 Å². The van der Waals surface area contributed by atoms with E-state index < -0.39 is 0 Å². The van der Waals surface area contributed by atoms with Crippen LogP contribution in [0.25, 0.3) is 21.8 Å². The summed E-state index contributed by atoms with van der Waals surface area (Å²) in [5.41, 5.74) is 10.4. The van der Waals surface area contributed by atoms with Crippen LogP contribution in [0.2, 0.25) is 10.0 Å². The summed E-state index contributed by atoms with van der Waals surface area (Å²) in [6.07, 6.45) is 0.889. The van der Waals surface area contributed by atoms with Crippen molar-refractivity contribution in [1.82, 2.24) is 9.13 Å². The van der Waals surface area contributed by atoms with Crippen LogP contribution >= 0.6 is 23.2 Å². The molecule has 0 saturated carbocycles. The van der Waals surface area contributed by atoms with E-state index in [-0.39, 0.29) is 0 Å². The minimum Gasteiger partial charge on any atom is -0.340 e. The van der Waals surface area contributed by atoms with Crippen LogP contribution in [-0.2, 0) is 19.5 Å². The Hall–Kier alpha value is -3.46. The second-order valence-corrected chi connectivity index (χ2v) is 10.6. The summed E-state index contributed by atoms with van der Waals surface area (Å²) >= 11 is 12.3. The van der Waals surface area contributed by atoms with Crippen molar-refractivity contribution in [3.05, 3.63) is 141 Å². The van der Waals surface area contributed by atoms with Gasteiger partial charge in [0.15, 0.2) is 0 Å². The minimum atomic E-state index is 0.768. The van der Waals surface area contributed by atoms with E-state index in [0.717, 1.165) is 29.6 Å². The summed E-state index contributed by atoms with van der Waals surface area (Å²) in [7, 11) is 0. The molecule has 0 radical (unpaired) electrons. The molecular weight excluding hydrogens is 495 g/mol. The van der Waals surface area contributed by atoms with Crippen molar-refractivity contribution in [1.29, 1.82) is 0 Å². The molecule has 4 heteroatoms. The number of rotatable bonds is 6. The Labute approximate surface area is 227 Å². The molecule has 0 unspecified atom stereocenters. The summed E-state index contributed by atoms with van der Waals surface area (Å²) in [4.78, 5) is 0. The van der Waals surface area contributed by atoms with Crippen LogP contribution in [0.3, 0.4) is 0 Å². The minimum absolute atomic E-state index is 0.768. The average Bonchev–Trinajstić information content (AvgIpc) is 3.33. The molecule has 6 aromatic rings. The first-order valence-electron chi connectivity index (χ1n) is 12.6. The van der Waals surface area contributed by atoms with E-state index in [0.29, 0.717) is 0 Å². The smallest absolute Gasteiger partial charge is 0.0488 e. The molecule has 2 nitrogen and oxygen atoms in total. The van der Waals surface area contributed by atoms with Crippen molar-refractivity contribution < 1.29 is 0 Å². The van der Waals surface area contributed by atoms with Crippen LogP contribution in [0.15, 0.2) is 97.1 Å². The number of para-hydroxylation sites is 2. The molecule has 6 rings (SSSR count). The van der Waals surface area contributed by atoms with E-state index in [4.69, 9.17) is 23.2 Å². The van der Waals surface area contributed by atoms with Gasteiger partial charge in [-0.2, -0.15) is 0 Å². The quantitative estimate of drug-likeness (QED) is 0.206. The average molecular weight is 524 g/mol. The Bertz CT molecular complexity index is 1590. The Morgan fingerprint density at radius 3 is 1.30 bits per heavy atom. The maximum absolute atomic E-state index is 6.14. The van der Waals surface area contributed by atoms with Gasteiger partial charge in [0.2, 0.25) is 0 Å². The first-order valence-corrected chi connectivity index (χ1v) is 13.4. The predicted octanol–water partition coefficient (Wildman–Crippen LogP) is 9.21. The maximum atomic E-state index is 6.14. The standard InChI is InChI=1S/C33H28Cl2N2/c1-22-30(28-7-3-5-9-32(28)36(22)20-24-11-15-26(34)16-12-24)19-31-23(2)37(33-10-6-4-8-29(31)33)21-25-13-17-27(35)18-14-25/h3-18H,19-21H2,1-2H3. The lowest BCUT2D eigenvalue weighted by Gasteiger charge is -2.11. The molecule has 0 atom stereocenters. The molecule has 0 bridgehead atoms. The molecule has 0 aliphatic rings. The van der Waals surface area contributed by atoms with Crippen LogP contribution < -0.4 is 0 Å². The fourth-order valence-electron chi connectivity index (χ4n) is 5.58. The zero-order valence-electron chi connectivity index (χ0n) is 21.0. The van der Waals surface area contributed by atoms with Gasteiger partial charge >= 0.3 is 0 Å². The van der Waals surface area contributed by atoms with Gasteiger partial charge in [-0.05, 0) is 72.5 Å². The summed E-state index contributed by atoms with van der Waals surface area (Å²) in [5, 5.41) is 4.18. The first kappa shape index (κ1) is 23.9. The lowest BCUT2D eigenvalue weighted by atomic mass is 9.99. The second kappa shape index (κ2) is 9.78. The number of hydrogen-bond donors (Lipinski definition) is 0. The molecule has 0 amide bonds. The van der Waals surface area contributed by atoms with Crippen molar-refractivity contribution in [3.63, 3.8) is 0 Å². The van der Waals surface area contributed by atoms with Gasteiger partial charge in [0.1, 0.15) is 0 Å². The van der Waals surface area contributed by atoms with E-state index in [2.05, 4.69) is 95.8 Å². The molecule has 37 heavy (non-hydrogen) atoms. The number of halogens is 2. The zero-order valence-corrected chi connectivity index (χ0v) is 22.5. The van der Waals surface area contributed by atoms with Gasteiger partial charge in [0.05, 0.1) is 0 Å². The highest BCUT2D eigenvalue weighted by Crippen LogP contribution is 2.34. The van der Waals surface area contributed by atoms with Crippen LogP contribution in [0, 0.1) is 13.8 Å². The largest absolute Gasteiger partial charge is 0.340 e. The highest BCUT2D eigenvalue weighted by molar-refractivity contribution is 6.30. The molecule has 0 spiro atoms. The third kappa shape index (κ3) is 4.45. The maximum Gasteiger partial charge on any atom is 0.0488 e. The first-order chi connectivity index (χ1) is 18.0. The molecule has 0 aliphatic carbocycles. The van der Waals surface area contributed by atoms with Crippen LogP contribution in [0.1, 0.15) is 33.6 Å². The third-order valence-electron chi connectivity index (χ3n) is 7.58. The molecule has 2 heterocycles. The van der Waals surface area contributed by atoms with Gasteiger partial charge in [-0.15, -0.1) is 0 Å². The fourth-order valence-corrected chi connectivity index (χ4v) is 5.83. The molecule has 0 N–H and O–H groups in total. The topological polar surface area (TPSA) is 9.86 Å². The lowest BCUT2D eigenvalue weighted by Crippen LogP contribution is -2.04. The molecule has 4 aromatic carbocycles. The number of fused-ring (bicyclic) bond motifs is 2. The SMILES string of the molecule is Cc1c(Cc2c(C)n(Cc3ccc(Cl)cc3)c3ccccc23)c2ccccc2n1Cc1ccc(Cl)cc1. The summed E-state index contributed by atoms with van der Waals surface area (Å²) in [6.45, 7) is 6.16. The van der Waals surface area contributed by atoms with Crippen LogP contribution in [-0.4, -0.2) is 9.13 Å². The van der Waals surface area contributed by atoms with Crippen LogP contribution in [0.5, 0.6) is 0 Å². The van der Waals surface area contributed by atoms with Crippen molar-refractivity contribution >= 4 is 45.0 Å². The highest BCUT2D eigenvalue weighted by atomic mass is 35.5. The van der Waals surface area contributed by atoms with E-state index >= 15 is 0 Å². The fraction of sp³-hybridized carbons (Fsp3) is 0.152. The molecular formula is C33H28Cl2N2. The van der Waals surface area contributed by atoms with Gasteiger partial charge in [-0.3, -0.25) is 0 Å². The Balaban J connectivity index is 1.45. The van der Waals surface area contributed by atoms with E-state index in [1.54, 1.807) is 0 Å². The Kier molecular flexibility index (Phi) is 6.32.